The molecule has 0 aliphatic rings. The maximum absolute atomic E-state index is 11.8. The van der Waals surface area contributed by atoms with Crippen LogP contribution in [0.2, 0.25) is 0 Å². The van der Waals surface area contributed by atoms with Crippen molar-refractivity contribution in [1.82, 2.24) is 4.72 Å². The minimum Gasteiger partial charge on any atom is -0.480 e. The van der Waals surface area contributed by atoms with Crippen LogP contribution >= 0.6 is 0 Å². The van der Waals surface area contributed by atoms with Crippen LogP contribution < -0.4 is 4.72 Å². The molecule has 0 heterocycles. The second kappa shape index (κ2) is 5.73. The third kappa shape index (κ3) is 3.47. The third-order valence-corrected chi connectivity index (χ3v) is 3.65. The molecule has 9 nitrogen and oxygen atoms in total. The number of hydrogen-bond donors (Lipinski definition) is 3. The highest BCUT2D eigenvalue weighted by atomic mass is 32.2. The zero-order chi connectivity index (χ0) is 14.6. The van der Waals surface area contributed by atoms with Crippen LogP contribution in [0.4, 0.5) is 5.69 Å². The van der Waals surface area contributed by atoms with Gasteiger partial charge in [-0.25, -0.2) is 8.42 Å². The molecule has 0 amide bonds. The van der Waals surface area contributed by atoms with Crippen molar-refractivity contribution in [3.05, 3.63) is 34.4 Å². The van der Waals surface area contributed by atoms with Gasteiger partial charge in [0.25, 0.3) is 5.69 Å². The highest BCUT2D eigenvalue weighted by Gasteiger charge is 2.29. The number of nitro groups is 1. The Morgan fingerprint density at radius 2 is 2.00 bits per heavy atom. The Balaban J connectivity index is 3.21. The number of benzene rings is 1. The topological polar surface area (TPSA) is 147 Å². The summed E-state index contributed by atoms with van der Waals surface area (Å²) in [6, 6.07) is 2.71. The van der Waals surface area contributed by atoms with Gasteiger partial charge in [0.15, 0.2) is 4.90 Å². The number of aliphatic hydroxyl groups is 1. The number of nitro benzene ring substituents is 1. The molecule has 0 radical (unpaired) electrons. The number of aliphatic carboxylic acids is 1. The highest BCUT2D eigenvalue weighted by Crippen LogP contribution is 2.22. The zero-order valence-corrected chi connectivity index (χ0v) is 10.2. The maximum Gasteiger partial charge on any atom is 0.324 e. The van der Waals surface area contributed by atoms with E-state index in [9.17, 15) is 23.3 Å². The van der Waals surface area contributed by atoms with Crippen molar-refractivity contribution in [2.75, 3.05) is 6.61 Å². The summed E-state index contributed by atoms with van der Waals surface area (Å²) in [4.78, 5) is 19.8. The normalized spacial score (nSPS) is 12.9. The van der Waals surface area contributed by atoms with Gasteiger partial charge < -0.3 is 10.2 Å². The van der Waals surface area contributed by atoms with Crippen LogP contribution in [0.1, 0.15) is 0 Å². The van der Waals surface area contributed by atoms with E-state index in [0.29, 0.717) is 0 Å². The molecule has 0 aliphatic heterocycles. The summed E-state index contributed by atoms with van der Waals surface area (Å²) in [5.74, 6) is -1.59. The van der Waals surface area contributed by atoms with Gasteiger partial charge in [-0.1, -0.05) is 12.1 Å². The average Bonchev–Trinajstić information content (AvgIpc) is 2.35. The number of carboxylic acids is 1. The Bertz CT molecular complexity index is 598. The Kier molecular flexibility index (Phi) is 4.53. The van der Waals surface area contributed by atoms with E-state index in [1.165, 1.54) is 12.1 Å². The van der Waals surface area contributed by atoms with Gasteiger partial charge in [-0.3, -0.25) is 14.9 Å². The molecule has 0 aromatic heterocycles. The van der Waals surface area contributed by atoms with Crippen molar-refractivity contribution in [3.8, 4) is 0 Å². The molecule has 104 valence electrons. The van der Waals surface area contributed by atoms with E-state index in [1.54, 1.807) is 4.72 Å². The molecule has 1 rings (SSSR count). The fraction of sp³-hybridized carbons (Fsp3) is 0.222. The first kappa shape index (κ1) is 15.0. The summed E-state index contributed by atoms with van der Waals surface area (Å²) in [5, 5.41) is 28.1. The molecule has 1 unspecified atom stereocenters. The molecular weight excluding hydrogens is 280 g/mol. The first-order chi connectivity index (χ1) is 8.79. The van der Waals surface area contributed by atoms with E-state index in [4.69, 9.17) is 10.2 Å². The molecule has 0 aliphatic carbocycles. The van der Waals surface area contributed by atoms with E-state index in [2.05, 4.69) is 0 Å². The molecule has 0 saturated carbocycles. The lowest BCUT2D eigenvalue weighted by Gasteiger charge is -2.12. The van der Waals surface area contributed by atoms with E-state index in [-0.39, 0.29) is 0 Å². The van der Waals surface area contributed by atoms with Gasteiger partial charge in [0, 0.05) is 6.07 Å². The largest absolute Gasteiger partial charge is 0.480 e. The van der Waals surface area contributed by atoms with Crippen molar-refractivity contribution in [3.63, 3.8) is 0 Å². The second-order valence-corrected chi connectivity index (χ2v) is 5.10. The molecule has 1 atom stereocenters. The van der Waals surface area contributed by atoms with Crippen LogP contribution in [0.5, 0.6) is 0 Å². The number of carbonyl (C=O) groups is 1. The van der Waals surface area contributed by atoms with Crippen molar-refractivity contribution >= 4 is 21.7 Å². The van der Waals surface area contributed by atoms with E-state index < -0.39 is 44.1 Å². The molecule has 0 spiro atoms. The number of hydrogen-bond acceptors (Lipinski definition) is 6. The molecule has 0 bridgehead atoms. The summed E-state index contributed by atoms with van der Waals surface area (Å²) in [5.41, 5.74) is -0.683. The molecule has 10 heteroatoms. The van der Waals surface area contributed by atoms with Gasteiger partial charge in [-0.2, -0.15) is 4.72 Å². The number of carboxylic acid groups (broad SMARTS) is 1. The highest BCUT2D eigenvalue weighted by molar-refractivity contribution is 7.89. The Hall–Kier alpha value is -2.04. The van der Waals surface area contributed by atoms with Crippen molar-refractivity contribution in [2.45, 2.75) is 10.9 Å². The van der Waals surface area contributed by atoms with Crippen LogP contribution in [0.15, 0.2) is 29.2 Å². The number of rotatable bonds is 6. The lowest BCUT2D eigenvalue weighted by atomic mass is 10.3. The van der Waals surface area contributed by atoms with E-state index in [1.807, 2.05) is 0 Å². The smallest absolute Gasteiger partial charge is 0.324 e. The molecular formula is C9H10N2O7S. The number of aliphatic hydroxyl groups excluding tert-OH is 1. The Morgan fingerprint density at radius 3 is 2.47 bits per heavy atom. The minimum absolute atomic E-state index is 0.667. The second-order valence-electron chi connectivity index (χ2n) is 3.42. The summed E-state index contributed by atoms with van der Waals surface area (Å²) in [6.07, 6.45) is 0. The van der Waals surface area contributed by atoms with E-state index >= 15 is 0 Å². The van der Waals surface area contributed by atoms with Crippen LogP contribution in [0.3, 0.4) is 0 Å². The summed E-state index contributed by atoms with van der Waals surface area (Å²) in [7, 11) is -4.42. The van der Waals surface area contributed by atoms with Crippen molar-refractivity contribution < 1.29 is 28.3 Å². The maximum atomic E-state index is 11.8. The van der Waals surface area contributed by atoms with Crippen LogP contribution in [-0.2, 0) is 14.8 Å². The fourth-order valence-corrected chi connectivity index (χ4v) is 2.60. The Labute approximate surface area is 107 Å². The Morgan fingerprint density at radius 1 is 1.42 bits per heavy atom. The van der Waals surface area contributed by atoms with Crippen LogP contribution in [0.25, 0.3) is 0 Å². The quantitative estimate of drug-likeness (QED) is 0.464. The predicted octanol–water partition coefficient (Wildman–Crippen LogP) is -0.681. The molecule has 0 saturated heterocycles. The number of nitrogens with zero attached hydrogens (tertiary/aromatic N) is 1. The zero-order valence-electron chi connectivity index (χ0n) is 9.38. The number of sulfonamides is 1. The fourth-order valence-electron chi connectivity index (χ4n) is 1.25. The standard InChI is InChI=1S/C9H10N2O7S/c12-5-6(9(13)14)10-19(17,18)8-4-2-1-3-7(8)11(15)16/h1-4,6,10,12H,5H2,(H,13,14). The number of para-hydroxylation sites is 1. The monoisotopic (exact) mass is 290 g/mol. The van der Waals surface area contributed by atoms with Crippen molar-refractivity contribution in [1.29, 1.82) is 0 Å². The average molecular weight is 290 g/mol. The van der Waals surface area contributed by atoms with Gasteiger partial charge in [-0.15, -0.1) is 0 Å². The van der Waals surface area contributed by atoms with Crippen molar-refractivity contribution in [2.24, 2.45) is 0 Å². The van der Waals surface area contributed by atoms with Gasteiger partial charge in [0.2, 0.25) is 10.0 Å². The number of nitrogens with one attached hydrogen (secondary N) is 1. The lowest BCUT2D eigenvalue weighted by molar-refractivity contribution is -0.387. The van der Waals surface area contributed by atoms with E-state index in [0.717, 1.165) is 12.1 Å². The summed E-state index contributed by atoms with van der Waals surface area (Å²) < 4.78 is 25.4. The minimum atomic E-state index is -4.42. The molecule has 19 heavy (non-hydrogen) atoms. The van der Waals surface area contributed by atoms with Crippen LogP contribution in [0, 0.1) is 10.1 Å². The van der Waals surface area contributed by atoms with Crippen LogP contribution in [-0.4, -0.2) is 42.2 Å². The first-order valence-corrected chi connectivity index (χ1v) is 6.37. The molecule has 3 N–H and O–H groups in total. The molecule has 0 fully saturated rings. The van der Waals surface area contributed by atoms with Gasteiger partial charge in [-0.05, 0) is 6.07 Å². The van der Waals surface area contributed by atoms with Gasteiger partial charge >= 0.3 is 5.97 Å². The summed E-state index contributed by atoms with van der Waals surface area (Å²) >= 11 is 0. The first-order valence-electron chi connectivity index (χ1n) is 4.89. The predicted molar refractivity (Wildman–Crippen MR) is 61.9 cm³/mol. The molecule has 1 aromatic rings. The summed E-state index contributed by atoms with van der Waals surface area (Å²) in [6.45, 7) is -0.977. The third-order valence-electron chi connectivity index (χ3n) is 2.13. The van der Waals surface area contributed by atoms with Gasteiger partial charge in [0.1, 0.15) is 6.04 Å². The molecule has 1 aromatic carbocycles. The SMILES string of the molecule is O=C(O)C(CO)NS(=O)(=O)c1ccccc1[N+](=O)[O-]. The van der Waals surface area contributed by atoms with Gasteiger partial charge in [0.05, 0.1) is 11.5 Å². The lowest BCUT2D eigenvalue weighted by Crippen LogP contribution is -2.43.